The molecular formula is C14H18N4O. The molecule has 3 aliphatic carbocycles. The van der Waals surface area contributed by atoms with Crippen LogP contribution in [0.1, 0.15) is 29.8 Å². The Balaban J connectivity index is 1.42. The molecule has 4 rings (SSSR count). The van der Waals surface area contributed by atoms with E-state index in [2.05, 4.69) is 20.6 Å². The number of rotatable bonds is 3. The SMILES string of the molecule is CNc1cnc(C(=O)NC2C3C4CCC(C4)C23)cn1. The van der Waals surface area contributed by atoms with Gasteiger partial charge >= 0.3 is 0 Å². The van der Waals surface area contributed by atoms with Crippen LogP contribution in [0.3, 0.4) is 0 Å². The number of anilines is 1. The van der Waals surface area contributed by atoms with Crippen LogP contribution in [0, 0.1) is 23.7 Å². The van der Waals surface area contributed by atoms with Gasteiger partial charge < -0.3 is 10.6 Å². The first-order chi connectivity index (χ1) is 9.28. The van der Waals surface area contributed by atoms with Crippen LogP contribution in [-0.4, -0.2) is 29.0 Å². The van der Waals surface area contributed by atoms with Crippen LogP contribution in [0.5, 0.6) is 0 Å². The Kier molecular flexibility index (Phi) is 2.31. The minimum absolute atomic E-state index is 0.0750. The Hall–Kier alpha value is -1.65. The third-order valence-electron chi connectivity index (χ3n) is 5.17. The van der Waals surface area contributed by atoms with E-state index in [1.54, 1.807) is 13.2 Å². The molecule has 4 atom stereocenters. The molecule has 1 amide bonds. The molecule has 3 fully saturated rings. The van der Waals surface area contributed by atoms with Crippen LogP contribution in [0.4, 0.5) is 5.82 Å². The molecule has 0 aromatic carbocycles. The number of carbonyl (C=O) groups is 1. The Morgan fingerprint density at radius 2 is 1.95 bits per heavy atom. The lowest BCUT2D eigenvalue weighted by molar-refractivity contribution is 0.0939. The molecule has 100 valence electrons. The topological polar surface area (TPSA) is 66.9 Å². The molecule has 4 unspecified atom stereocenters. The minimum atomic E-state index is -0.0750. The average Bonchev–Trinajstić information content (AvgIpc) is 2.85. The van der Waals surface area contributed by atoms with Crippen molar-refractivity contribution in [1.82, 2.24) is 15.3 Å². The number of carbonyl (C=O) groups excluding carboxylic acids is 1. The smallest absolute Gasteiger partial charge is 0.271 e. The average molecular weight is 258 g/mol. The number of nitrogens with zero attached hydrogens (tertiary/aromatic N) is 2. The van der Waals surface area contributed by atoms with Gasteiger partial charge in [-0.1, -0.05) is 0 Å². The predicted molar refractivity (Wildman–Crippen MR) is 70.6 cm³/mol. The van der Waals surface area contributed by atoms with Gasteiger partial charge in [0.15, 0.2) is 0 Å². The summed E-state index contributed by atoms with van der Waals surface area (Å²) in [6, 6.07) is 0.407. The quantitative estimate of drug-likeness (QED) is 0.857. The zero-order chi connectivity index (χ0) is 13.0. The van der Waals surface area contributed by atoms with E-state index in [0.29, 0.717) is 17.6 Å². The first-order valence-electron chi connectivity index (χ1n) is 7.08. The second-order valence-electron chi connectivity index (χ2n) is 6.02. The van der Waals surface area contributed by atoms with E-state index in [-0.39, 0.29) is 5.91 Å². The number of fused-ring (bicyclic) bond motifs is 5. The Morgan fingerprint density at radius 1 is 1.21 bits per heavy atom. The van der Waals surface area contributed by atoms with E-state index in [1.807, 2.05) is 0 Å². The second-order valence-corrected chi connectivity index (χ2v) is 6.02. The largest absolute Gasteiger partial charge is 0.372 e. The zero-order valence-corrected chi connectivity index (χ0v) is 11.0. The standard InChI is InChI=1S/C14H18N4O/c1-15-10-6-16-9(5-17-10)14(19)18-13-11-7-2-3-8(4-7)12(11)13/h5-8,11-13H,2-4H2,1H3,(H,15,17)(H,18,19). The summed E-state index contributed by atoms with van der Waals surface area (Å²) in [5.74, 6) is 3.86. The molecule has 19 heavy (non-hydrogen) atoms. The molecule has 0 spiro atoms. The third kappa shape index (κ3) is 1.64. The van der Waals surface area contributed by atoms with Crippen molar-refractivity contribution in [3.63, 3.8) is 0 Å². The van der Waals surface area contributed by atoms with Gasteiger partial charge in [0.25, 0.3) is 5.91 Å². The van der Waals surface area contributed by atoms with Gasteiger partial charge in [-0.05, 0) is 42.9 Å². The number of aromatic nitrogens is 2. The van der Waals surface area contributed by atoms with Gasteiger partial charge in [0.2, 0.25) is 0 Å². The first-order valence-corrected chi connectivity index (χ1v) is 7.08. The number of hydrogen-bond acceptors (Lipinski definition) is 4. The van der Waals surface area contributed by atoms with Crippen molar-refractivity contribution in [2.75, 3.05) is 12.4 Å². The molecule has 5 heteroatoms. The summed E-state index contributed by atoms with van der Waals surface area (Å²) in [5, 5.41) is 6.04. The normalized spacial score (nSPS) is 37.8. The van der Waals surface area contributed by atoms with Crippen LogP contribution >= 0.6 is 0 Å². The van der Waals surface area contributed by atoms with Crippen molar-refractivity contribution in [3.05, 3.63) is 18.1 Å². The molecular weight excluding hydrogens is 240 g/mol. The van der Waals surface area contributed by atoms with Crippen molar-refractivity contribution in [2.24, 2.45) is 23.7 Å². The fourth-order valence-electron chi connectivity index (χ4n) is 4.32. The van der Waals surface area contributed by atoms with Gasteiger partial charge in [-0.15, -0.1) is 0 Å². The van der Waals surface area contributed by atoms with Crippen molar-refractivity contribution in [1.29, 1.82) is 0 Å². The molecule has 1 aromatic heterocycles. The van der Waals surface area contributed by atoms with Crippen molar-refractivity contribution >= 4 is 11.7 Å². The Morgan fingerprint density at radius 3 is 2.53 bits per heavy atom. The Bertz CT molecular complexity index is 499. The highest BCUT2D eigenvalue weighted by Crippen LogP contribution is 2.65. The van der Waals surface area contributed by atoms with E-state index in [0.717, 1.165) is 23.7 Å². The van der Waals surface area contributed by atoms with Gasteiger partial charge in [0, 0.05) is 13.1 Å². The maximum absolute atomic E-state index is 12.1. The van der Waals surface area contributed by atoms with Gasteiger partial charge in [0.1, 0.15) is 11.5 Å². The van der Waals surface area contributed by atoms with Crippen LogP contribution < -0.4 is 10.6 Å². The third-order valence-corrected chi connectivity index (χ3v) is 5.17. The predicted octanol–water partition coefficient (Wildman–Crippen LogP) is 1.29. The fraction of sp³-hybridized carbons (Fsp3) is 0.643. The highest BCUT2D eigenvalue weighted by Gasteiger charge is 2.65. The summed E-state index contributed by atoms with van der Waals surface area (Å²) in [4.78, 5) is 20.4. The van der Waals surface area contributed by atoms with E-state index in [9.17, 15) is 4.79 Å². The molecule has 2 bridgehead atoms. The van der Waals surface area contributed by atoms with Gasteiger partial charge in [-0.3, -0.25) is 4.79 Å². The summed E-state index contributed by atoms with van der Waals surface area (Å²) in [7, 11) is 1.78. The fourth-order valence-corrected chi connectivity index (χ4v) is 4.32. The van der Waals surface area contributed by atoms with Crippen LogP contribution in [0.15, 0.2) is 12.4 Å². The number of hydrogen-bond donors (Lipinski definition) is 2. The van der Waals surface area contributed by atoms with Crippen molar-refractivity contribution in [3.8, 4) is 0 Å². The molecule has 3 saturated carbocycles. The first kappa shape index (κ1) is 11.2. The summed E-state index contributed by atoms with van der Waals surface area (Å²) in [6.45, 7) is 0. The van der Waals surface area contributed by atoms with Crippen LogP contribution in [0.25, 0.3) is 0 Å². The molecule has 3 aliphatic rings. The zero-order valence-electron chi connectivity index (χ0n) is 11.0. The lowest BCUT2D eigenvalue weighted by Gasteiger charge is -2.10. The van der Waals surface area contributed by atoms with Gasteiger partial charge in [-0.2, -0.15) is 0 Å². The lowest BCUT2D eigenvalue weighted by atomic mass is 10.0. The highest BCUT2D eigenvalue weighted by atomic mass is 16.2. The molecule has 2 N–H and O–H groups in total. The maximum Gasteiger partial charge on any atom is 0.271 e. The maximum atomic E-state index is 12.1. The molecule has 5 nitrogen and oxygen atoms in total. The summed E-state index contributed by atoms with van der Waals surface area (Å²) in [5.41, 5.74) is 0.413. The number of amides is 1. The summed E-state index contributed by atoms with van der Waals surface area (Å²) < 4.78 is 0. The van der Waals surface area contributed by atoms with Crippen LogP contribution in [-0.2, 0) is 0 Å². The summed E-state index contributed by atoms with van der Waals surface area (Å²) in [6.07, 6.45) is 7.27. The van der Waals surface area contributed by atoms with Crippen LogP contribution in [0.2, 0.25) is 0 Å². The van der Waals surface area contributed by atoms with Crippen molar-refractivity contribution in [2.45, 2.75) is 25.3 Å². The molecule has 0 radical (unpaired) electrons. The second kappa shape index (κ2) is 3.92. The number of nitrogens with one attached hydrogen (secondary N) is 2. The summed E-state index contributed by atoms with van der Waals surface area (Å²) >= 11 is 0. The highest BCUT2D eigenvalue weighted by molar-refractivity contribution is 5.92. The van der Waals surface area contributed by atoms with E-state index >= 15 is 0 Å². The van der Waals surface area contributed by atoms with E-state index in [4.69, 9.17) is 0 Å². The monoisotopic (exact) mass is 258 g/mol. The van der Waals surface area contributed by atoms with E-state index in [1.165, 1.54) is 25.5 Å². The van der Waals surface area contributed by atoms with Gasteiger partial charge in [-0.25, -0.2) is 9.97 Å². The Labute approximate surface area is 112 Å². The molecule has 0 aliphatic heterocycles. The van der Waals surface area contributed by atoms with Gasteiger partial charge in [0.05, 0.1) is 12.4 Å². The molecule has 1 aromatic rings. The van der Waals surface area contributed by atoms with E-state index < -0.39 is 0 Å². The van der Waals surface area contributed by atoms with Crippen molar-refractivity contribution < 1.29 is 4.79 Å². The minimum Gasteiger partial charge on any atom is -0.372 e. The molecule has 0 saturated heterocycles. The lowest BCUT2D eigenvalue weighted by Crippen LogP contribution is -2.30. The molecule has 1 heterocycles.